The summed E-state index contributed by atoms with van der Waals surface area (Å²) in [5.41, 5.74) is 0.456. The van der Waals surface area contributed by atoms with Crippen molar-refractivity contribution in [3.05, 3.63) is 24.3 Å². The molecule has 1 aliphatic heterocycles. The third-order valence-electron chi connectivity index (χ3n) is 6.42. The minimum absolute atomic E-state index is 0.251. The number of nitrogens with zero attached hydrogens (tertiary/aromatic N) is 1. The van der Waals surface area contributed by atoms with Gasteiger partial charge in [0.25, 0.3) is 5.91 Å². The molecule has 3 fully saturated rings. The Morgan fingerprint density at radius 2 is 1.76 bits per heavy atom. The predicted molar refractivity (Wildman–Crippen MR) is 102 cm³/mol. The van der Waals surface area contributed by atoms with E-state index in [1.54, 1.807) is 24.3 Å². The highest BCUT2D eigenvalue weighted by atomic mass is 16.5. The molecule has 29 heavy (non-hydrogen) atoms. The van der Waals surface area contributed by atoms with E-state index in [-0.39, 0.29) is 35.5 Å². The number of carbonyl (C=O) groups is 4. The van der Waals surface area contributed by atoms with Crippen molar-refractivity contribution in [2.75, 3.05) is 19.0 Å². The Kier molecular flexibility index (Phi) is 5.02. The van der Waals surface area contributed by atoms with Crippen molar-refractivity contribution >= 4 is 29.4 Å². The van der Waals surface area contributed by atoms with Crippen molar-refractivity contribution in [2.45, 2.75) is 32.2 Å². The zero-order valence-corrected chi connectivity index (χ0v) is 16.4. The molecule has 8 heteroatoms. The van der Waals surface area contributed by atoms with Crippen LogP contribution in [-0.2, 0) is 23.9 Å². The lowest BCUT2D eigenvalue weighted by molar-refractivity contribution is -0.159. The molecule has 4 rings (SSSR count). The lowest BCUT2D eigenvalue weighted by atomic mass is 9.81. The Balaban J connectivity index is 1.35. The highest BCUT2D eigenvalue weighted by molar-refractivity contribution is 6.08. The summed E-state index contributed by atoms with van der Waals surface area (Å²) >= 11 is 0. The van der Waals surface area contributed by atoms with E-state index >= 15 is 0 Å². The van der Waals surface area contributed by atoms with Gasteiger partial charge in [0.15, 0.2) is 6.61 Å². The predicted octanol–water partition coefficient (Wildman–Crippen LogP) is 1.60. The molecule has 1 N–H and O–H groups in total. The Bertz CT molecular complexity index is 840. The van der Waals surface area contributed by atoms with E-state index in [1.807, 2.05) is 0 Å². The maximum atomic E-state index is 12.8. The highest BCUT2D eigenvalue weighted by Gasteiger charge is 2.62. The molecule has 2 saturated carbocycles. The monoisotopic (exact) mass is 400 g/mol. The molecule has 1 aromatic carbocycles. The van der Waals surface area contributed by atoms with Crippen molar-refractivity contribution in [2.24, 2.45) is 23.7 Å². The van der Waals surface area contributed by atoms with Crippen LogP contribution in [0.3, 0.4) is 0 Å². The number of benzene rings is 1. The number of likely N-dealkylation sites (tertiary alicyclic amines) is 1. The average Bonchev–Trinajstić information content (AvgIpc) is 3.40. The van der Waals surface area contributed by atoms with Gasteiger partial charge in [-0.25, -0.2) is 4.79 Å². The first kappa shape index (κ1) is 19.4. The second-order valence-corrected chi connectivity index (χ2v) is 7.96. The van der Waals surface area contributed by atoms with Crippen LogP contribution in [0.1, 0.15) is 26.2 Å². The fourth-order valence-electron chi connectivity index (χ4n) is 5.11. The summed E-state index contributed by atoms with van der Waals surface area (Å²) in [5, 5.41) is 2.61. The summed E-state index contributed by atoms with van der Waals surface area (Å²) in [5.74, 6) is -1.43. The first-order valence-electron chi connectivity index (χ1n) is 9.88. The lowest BCUT2D eigenvalue weighted by Crippen LogP contribution is -2.45. The van der Waals surface area contributed by atoms with Gasteiger partial charge in [-0.3, -0.25) is 19.3 Å². The molecule has 0 spiro atoms. The summed E-state index contributed by atoms with van der Waals surface area (Å²) in [6.45, 7) is 0.953. The minimum atomic E-state index is -1.04. The highest BCUT2D eigenvalue weighted by Crippen LogP contribution is 2.56. The molecular weight excluding hydrogens is 376 g/mol. The van der Waals surface area contributed by atoms with Crippen LogP contribution in [0, 0.1) is 23.7 Å². The van der Waals surface area contributed by atoms with Gasteiger partial charge in [0, 0.05) is 0 Å². The number of imide groups is 1. The molecule has 3 aliphatic rings. The van der Waals surface area contributed by atoms with Gasteiger partial charge < -0.3 is 14.8 Å². The molecule has 3 amide bonds. The number of methoxy groups -OCH3 is 1. The third-order valence-corrected chi connectivity index (χ3v) is 6.42. The van der Waals surface area contributed by atoms with Crippen molar-refractivity contribution < 1.29 is 28.7 Å². The second-order valence-electron chi connectivity index (χ2n) is 7.96. The number of hydrogen-bond acceptors (Lipinski definition) is 6. The molecule has 0 radical (unpaired) electrons. The second kappa shape index (κ2) is 7.50. The molecule has 154 valence electrons. The molecule has 0 unspecified atom stereocenters. The SMILES string of the molecule is COc1ccccc1NC(=O)COC(=O)[C@@H](C)N1C(=O)[C@H]2[C@H]3CC[C@@H](C3)[C@@H]2C1=O. The van der Waals surface area contributed by atoms with Crippen molar-refractivity contribution in [3.63, 3.8) is 0 Å². The summed E-state index contributed by atoms with van der Waals surface area (Å²) in [6, 6.07) is 5.82. The van der Waals surface area contributed by atoms with E-state index in [9.17, 15) is 19.2 Å². The molecule has 1 aromatic rings. The number of esters is 1. The number of hydrogen-bond donors (Lipinski definition) is 1. The quantitative estimate of drug-likeness (QED) is 0.575. The van der Waals surface area contributed by atoms with E-state index in [4.69, 9.17) is 9.47 Å². The van der Waals surface area contributed by atoms with Gasteiger partial charge in [0.1, 0.15) is 11.8 Å². The normalized spacial score (nSPS) is 28.3. The van der Waals surface area contributed by atoms with Crippen LogP contribution >= 0.6 is 0 Å². The summed E-state index contributed by atoms with van der Waals surface area (Å²) in [6.07, 6.45) is 2.88. The molecule has 0 aromatic heterocycles. The van der Waals surface area contributed by atoms with Crippen LogP contribution in [0.15, 0.2) is 24.3 Å². The van der Waals surface area contributed by atoms with Gasteiger partial charge in [-0.1, -0.05) is 12.1 Å². The van der Waals surface area contributed by atoms with E-state index in [1.165, 1.54) is 14.0 Å². The number of carbonyl (C=O) groups excluding carboxylic acids is 4. The minimum Gasteiger partial charge on any atom is -0.495 e. The fraction of sp³-hybridized carbons (Fsp3) is 0.524. The Morgan fingerprint density at radius 1 is 1.14 bits per heavy atom. The standard InChI is InChI=1S/C21H24N2O6/c1-11(23-19(25)17-12-7-8-13(9-12)18(17)20(23)26)21(27)29-10-16(24)22-14-5-3-4-6-15(14)28-2/h3-6,11-13,17-18H,7-10H2,1-2H3,(H,22,24)/t11-,12+,13+,17+,18+/m1/s1. The Labute approximate surface area is 168 Å². The lowest BCUT2D eigenvalue weighted by Gasteiger charge is -2.23. The number of para-hydroxylation sites is 2. The van der Waals surface area contributed by atoms with E-state index in [0.717, 1.165) is 24.2 Å². The Hall–Kier alpha value is -2.90. The van der Waals surface area contributed by atoms with E-state index in [2.05, 4.69) is 5.32 Å². The number of amides is 3. The Morgan fingerprint density at radius 3 is 2.38 bits per heavy atom. The summed E-state index contributed by atoms with van der Waals surface area (Å²) in [4.78, 5) is 51.2. The fourth-order valence-corrected chi connectivity index (χ4v) is 5.11. The van der Waals surface area contributed by atoms with E-state index < -0.39 is 24.5 Å². The smallest absolute Gasteiger partial charge is 0.329 e. The maximum absolute atomic E-state index is 12.8. The number of ether oxygens (including phenoxy) is 2. The topological polar surface area (TPSA) is 102 Å². The van der Waals surface area contributed by atoms with E-state index in [0.29, 0.717) is 11.4 Å². The van der Waals surface area contributed by atoms with Crippen LogP contribution in [0.5, 0.6) is 5.75 Å². The van der Waals surface area contributed by atoms with Gasteiger partial charge in [-0.2, -0.15) is 0 Å². The van der Waals surface area contributed by atoms with Crippen LogP contribution in [0.25, 0.3) is 0 Å². The molecule has 5 atom stereocenters. The first-order chi connectivity index (χ1) is 13.9. The van der Waals surface area contributed by atoms with Gasteiger partial charge in [0.05, 0.1) is 24.6 Å². The van der Waals surface area contributed by atoms with Crippen LogP contribution in [0.4, 0.5) is 5.69 Å². The molecule has 8 nitrogen and oxygen atoms in total. The van der Waals surface area contributed by atoms with Gasteiger partial charge >= 0.3 is 5.97 Å². The molecule has 1 saturated heterocycles. The molecule has 2 aliphatic carbocycles. The van der Waals surface area contributed by atoms with Crippen LogP contribution in [-0.4, -0.2) is 48.3 Å². The third kappa shape index (κ3) is 3.26. The number of nitrogens with one attached hydrogen (secondary N) is 1. The number of rotatable bonds is 6. The number of anilines is 1. The van der Waals surface area contributed by atoms with Crippen LogP contribution < -0.4 is 10.1 Å². The van der Waals surface area contributed by atoms with Crippen molar-refractivity contribution in [1.29, 1.82) is 0 Å². The maximum Gasteiger partial charge on any atom is 0.329 e. The largest absolute Gasteiger partial charge is 0.495 e. The molecular formula is C21H24N2O6. The molecule has 2 bridgehead atoms. The summed E-state index contributed by atoms with van der Waals surface area (Å²) in [7, 11) is 1.48. The average molecular weight is 400 g/mol. The van der Waals surface area contributed by atoms with Gasteiger partial charge in [-0.15, -0.1) is 0 Å². The zero-order chi connectivity index (χ0) is 20.7. The van der Waals surface area contributed by atoms with Crippen molar-refractivity contribution in [3.8, 4) is 5.75 Å². The summed E-state index contributed by atoms with van der Waals surface area (Å²) < 4.78 is 10.2. The first-order valence-corrected chi connectivity index (χ1v) is 9.88. The van der Waals surface area contributed by atoms with Crippen molar-refractivity contribution in [1.82, 2.24) is 4.90 Å². The number of fused-ring (bicyclic) bond motifs is 5. The van der Waals surface area contributed by atoms with Crippen LogP contribution in [0.2, 0.25) is 0 Å². The van der Waals surface area contributed by atoms with Gasteiger partial charge in [0.2, 0.25) is 11.8 Å². The zero-order valence-electron chi connectivity index (χ0n) is 16.4. The molecule has 1 heterocycles. The van der Waals surface area contributed by atoms with Gasteiger partial charge in [-0.05, 0) is 50.2 Å².